The number of urea groups is 1. The topological polar surface area (TPSA) is 72.9 Å². The van der Waals surface area contributed by atoms with Crippen LogP contribution in [0, 0.1) is 0 Å². The minimum absolute atomic E-state index is 0.220. The Kier molecular flexibility index (Phi) is 5.07. The van der Waals surface area contributed by atoms with Crippen molar-refractivity contribution in [1.29, 1.82) is 0 Å². The number of carbonyl (C=O) groups excluding carboxylic acids is 1. The largest absolute Gasteiger partial charge is 0.480 e. The van der Waals surface area contributed by atoms with E-state index in [1.54, 1.807) is 0 Å². The van der Waals surface area contributed by atoms with E-state index in [4.69, 9.17) is 5.11 Å². The van der Waals surface area contributed by atoms with E-state index in [-0.39, 0.29) is 12.1 Å². The lowest BCUT2D eigenvalue weighted by Crippen LogP contribution is -2.49. The summed E-state index contributed by atoms with van der Waals surface area (Å²) in [6.07, 6.45) is 0. The second-order valence-corrected chi connectivity index (χ2v) is 5.32. The Labute approximate surface area is 105 Å². The third-order valence-corrected chi connectivity index (χ3v) is 3.87. The molecule has 0 saturated carbocycles. The first kappa shape index (κ1) is 14.1. The fraction of sp³-hybridized carbons (Fsp3) is 0.800. The van der Waals surface area contributed by atoms with Crippen molar-refractivity contribution in [2.45, 2.75) is 19.0 Å². The molecular formula is C10H19N3O3S. The number of carboxylic acids is 1. The number of carboxylic acid groups (broad SMARTS) is 1. The van der Waals surface area contributed by atoms with Crippen LogP contribution in [0.1, 0.15) is 6.92 Å². The Morgan fingerprint density at radius 2 is 2.24 bits per heavy atom. The summed E-state index contributed by atoms with van der Waals surface area (Å²) < 4.78 is 0. The number of rotatable bonds is 4. The highest BCUT2D eigenvalue weighted by Gasteiger charge is 2.34. The monoisotopic (exact) mass is 261 g/mol. The maximum atomic E-state index is 11.8. The smallest absolute Gasteiger partial charge is 0.327 e. The minimum atomic E-state index is -0.939. The molecule has 1 aliphatic rings. The van der Waals surface area contributed by atoms with Gasteiger partial charge in [-0.05, 0) is 21.0 Å². The summed E-state index contributed by atoms with van der Waals surface area (Å²) in [5.41, 5.74) is 0. The average molecular weight is 261 g/mol. The summed E-state index contributed by atoms with van der Waals surface area (Å²) in [6.45, 7) is 2.51. The molecule has 0 aromatic heterocycles. The number of nitrogens with zero attached hydrogens (tertiary/aromatic N) is 2. The molecule has 1 rings (SSSR count). The lowest BCUT2D eigenvalue weighted by Gasteiger charge is -2.24. The zero-order valence-corrected chi connectivity index (χ0v) is 11.2. The van der Waals surface area contributed by atoms with Crippen LogP contribution in [0.4, 0.5) is 4.79 Å². The van der Waals surface area contributed by atoms with Gasteiger partial charge in [0.25, 0.3) is 0 Å². The summed E-state index contributed by atoms with van der Waals surface area (Å²) in [7, 11) is 3.87. The van der Waals surface area contributed by atoms with E-state index >= 15 is 0 Å². The molecule has 0 spiro atoms. The lowest BCUT2D eigenvalue weighted by atomic mass is 10.3. The molecule has 0 bridgehead atoms. The summed E-state index contributed by atoms with van der Waals surface area (Å²) >= 11 is 1.46. The van der Waals surface area contributed by atoms with Crippen molar-refractivity contribution < 1.29 is 14.7 Å². The van der Waals surface area contributed by atoms with E-state index in [2.05, 4.69) is 5.32 Å². The van der Waals surface area contributed by atoms with Crippen LogP contribution in [0.25, 0.3) is 0 Å². The van der Waals surface area contributed by atoms with Crippen molar-refractivity contribution in [3.63, 3.8) is 0 Å². The number of likely N-dealkylation sites (N-methyl/N-ethyl adjacent to an activating group) is 1. The summed E-state index contributed by atoms with van der Waals surface area (Å²) in [5.74, 6) is -0.0312. The second kappa shape index (κ2) is 6.11. The Morgan fingerprint density at radius 1 is 1.59 bits per heavy atom. The van der Waals surface area contributed by atoms with E-state index in [0.717, 1.165) is 0 Å². The molecule has 2 amide bonds. The Bertz CT molecular complexity index is 299. The first-order valence-corrected chi connectivity index (χ1v) is 6.60. The van der Waals surface area contributed by atoms with Crippen molar-refractivity contribution in [3.05, 3.63) is 0 Å². The molecule has 1 heterocycles. The number of thioether (sulfide) groups is 1. The highest BCUT2D eigenvalue weighted by molar-refractivity contribution is 7.99. The fourth-order valence-corrected chi connectivity index (χ4v) is 2.51. The molecule has 98 valence electrons. The molecule has 2 N–H and O–H groups in total. The normalized spacial score (nSPS) is 21.6. The second-order valence-electron chi connectivity index (χ2n) is 4.32. The first-order chi connectivity index (χ1) is 7.93. The molecule has 1 unspecified atom stereocenters. The molecule has 1 aliphatic heterocycles. The van der Waals surface area contributed by atoms with Gasteiger partial charge in [-0.1, -0.05) is 0 Å². The van der Waals surface area contributed by atoms with Crippen LogP contribution in [-0.2, 0) is 4.79 Å². The highest BCUT2D eigenvalue weighted by atomic mass is 32.2. The van der Waals surface area contributed by atoms with Crippen LogP contribution in [0.5, 0.6) is 0 Å². The summed E-state index contributed by atoms with van der Waals surface area (Å²) in [4.78, 5) is 26.1. The van der Waals surface area contributed by atoms with Crippen LogP contribution < -0.4 is 5.32 Å². The molecule has 6 nitrogen and oxygen atoms in total. The molecular weight excluding hydrogens is 242 g/mol. The number of hydrogen-bond acceptors (Lipinski definition) is 4. The van der Waals surface area contributed by atoms with Gasteiger partial charge in [-0.3, -0.25) is 0 Å². The molecule has 1 fully saturated rings. The Balaban J connectivity index is 2.44. The van der Waals surface area contributed by atoms with Gasteiger partial charge in [-0.25, -0.2) is 9.59 Å². The minimum Gasteiger partial charge on any atom is -0.480 e. The van der Waals surface area contributed by atoms with E-state index in [9.17, 15) is 9.59 Å². The van der Waals surface area contributed by atoms with Crippen molar-refractivity contribution in [3.8, 4) is 0 Å². The van der Waals surface area contributed by atoms with Gasteiger partial charge in [-0.2, -0.15) is 0 Å². The number of aliphatic carboxylic acids is 1. The van der Waals surface area contributed by atoms with E-state index in [0.29, 0.717) is 18.2 Å². The van der Waals surface area contributed by atoms with Gasteiger partial charge >= 0.3 is 12.0 Å². The van der Waals surface area contributed by atoms with Gasteiger partial charge in [0.05, 0.1) is 5.88 Å². The van der Waals surface area contributed by atoms with Crippen molar-refractivity contribution in [1.82, 2.24) is 15.1 Å². The van der Waals surface area contributed by atoms with Crippen molar-refractivity contribution in [2.75, 3.05) is 32.3 Å². The fourth-order valence-electron chi connectivity index (χ4n) is 1.37. The summed E-state index contributed by atoms with van der Waals surface area (Å²) in [6, 6.07) is -0.775. The van der Waals surface area contributed by atoms with E-state index in [1.807, 2.05) is 25.9 Å². The zero-order valence-electron chi connectivity index (χ0n) is 10.3. The molecule has 17 heavy (non-hydrogen) atoms. The maximum absolute atomic E-state index is 11.8. The molecule has 0 aromatic carbocycles. The third kappa shape index (κ3) is 3.78. The first-order valence-electron chi connectivity index (χ1n) is 5.45. The molecule has 0 aliphatic carbocycles. The number of hydrogen-bond donors (Lipinski definition) is 2. The quantitative estimate of drug-likeness (QED) is 0.751. The number of carbonyl (C=O) groups is 2. The standard InChI is InChI=1S/C10H19N3O3S/c1-7(12(2)3)4-11-10(16)13-6-17-5-8(13)9(14)15/h7-8H,4-6H2,1-3H3,(H,11,16)(H,14,15)/t7?,8-/m0/s1. The molecule has 1 saturated heterocycles. The van der Waals surface area contributed by atoms with E-state index in [1.165, 1.54) is 16.7 Å². The van der Waals surface area contributed by atoms with Crippen LogP contribution in [0.2, 0.25) is 0 Å². The highest BCUT2D eigenvalue weighted by Crippen LogP contribution is 2.20. The molecule has 7 heteroatoms. The molecule has 0 radical (unpaired) electrons. The lowest BCUT2D eigenvalue weighted by molar-refractivity contribution is -0.140. The van der Waals surface area contributed by atoms with Crippen LogP contribution in [0.15, 0.2) is 0 Å². The summed E-state index contributed by atoms with van der Waals surface area (Å²) in [5, 5.41) is 11.7. The predicted molar refractivity (Wildman–Crippen MR) is 67.1 cm³/mol. The maximum Gasteiger partial charge on any atom is 0.327 e. The van der Waals surface area contributed by atoms with Gasteiger partial charge in [0.15, 0.2) is 0 Å². The SMILES string of the molecule is CC(CNC(=O)N1CSC[C@H]1C(=O)O)N(C)C. The van der Waals surface area contributed by atoms with Crippen LogP contribution in [0.3, 0.4) is 0 Å². The number of nitrogens with one attached hydrogen (secondary N) is 1. The Hall–Kier alpha value is -0.950. The number of amides is 2. The van der Waals surface area contributed by atoms with Crippen molar-refractivity contribution in [2.24, 2.45) is 0 Å². The van der Waals surface area contributed by atoms with Crippen LogP contribution in [-0.4, -0.2) is 71.3 Å². The van der Waals surface area contributed by atoms with Gasteiger partial charge in [0.2, 0.25) is 0 Å². The van der Waals surface area contributed by atoms with Gasteiger partial charge in [0.1, 0.15) is 6.04 Å². The molecule has 0 aromatic rings. The van der Waals surface area contributed by atoms with Gasteiger partial charge in [-0.15, -0.1) is 11.8 Å². The zero-order chi connectivity index (χ0) is 13.0. The molecule has 2 atom stereocenters. The van der Waals surface area contributed by atoms with Crippen molar-refractivity contribution >= 4 is 23.8 Å². The average Bonchev–Trinajstić information content (AvgIpc) is 2.73. The van der Waals surface area contributed by atoms with Gasteiger partial charge < -0.3 is 20.2 Å². The third-order valence-electron chi connectivity index (χ3n) is 2.86. The van der Waals surface area contributed by atoms with Gasteiger partial charge in [0, 0.05) is 18.3 Å². The predicted octanol–water partition coefficient (Wildman–Crippen LogP) is 0.106. The Morgan fingerprint density at radius 3 is 2.76 bits per heavy atom. The van der Waals surface area contributed by atoms with Crippen LogP contribution >= 0.6 is 11.8 Å². The van der Waals surface area contributed by atoms with E-state index < -0.39 is 12.0 Å².